The first-order valence-corrected chi connectivity index (χ1v) is 7.12. The molecule has 2 rings (SSSR count). The lowest BCUT2D eigenvalue weighted by atomic mass is 10.2. The zero-order valence-corrected chi connectivity index (χ0v) is 11.4. The first-order chi connectivity index (χ1) is 7.72. The molecule has 0 bridgehead atoms. The Balaban J connectivity index is 2.36. The summed E-state index contributed by atoms with van der Waals surface area (Å²) < 4.78 is 0. The van der Waals surface area contributed by atoms with Crippen molar-refractivity contribution in [2.45, 2.75) is 26.8 Å². The largest absolute Gasteiger partial charge is 0.305 e. The lowest BCUT2D eigenvalue weighted by molar-refractivity contribution is 0.644. The number of hydrogen-bond donors (Lipinski definition) is 1. The van der Waals surface area contributed by atoms with Crippen molar-refractivity contribution >= 4 is 22.7 Å². The van der Waals surface area contributed by atoms with E-state index in [1.165, 1.54) is 9.75 Å². The highest BCUT2D eigenvalue weighted by Crippen LogP contribution is 2.32. The van der Waals surface area contributed by atoms with Gasteiger partial charge < -0.3 is 5.32 Å². The van der Waals surface area contributed by atoms with Crippen LogP contribution in [0, 0.1) is 13.8 Å². The Morgan fingerprint density at radius 3 is 2.75 bits per heavy atom. The maximum atomic E-state index is 4.51. The second-order valence-corrected chi connectivity index (χ2v) is 5.90. The quantitative estimate of drug-likeness (QED) is 0.900. The molecular formula is C12H16N2S2. The van der Waals surface area contributed by atoms with Crippen LogP contribution < -0.4 is 5.32 Å². The van der Waals surface area contributed by atoms with Gasteiger partial charge in [-0.25, -0.2) is 4.98 Å². The summed E-state index contributed by atoms with van der Waals surface area (Å²) >= 11 is 3.59. The highest BCUT2D eigenvalue weighted by atomic mass is 32.1. The summed E-state index contributed by atoms with van der Waals surface area (Å²) in [6.45, 7) is 7.28. The zero-order valence-electron chi connectivity index (χ0n) is 9.78. The van der Waals surface area contributed by atoms with Gasteiger partial charge in [-0.15, -0.1) is 22.7 Å². The summed E-state index contributed by atoms with van der Waals surface area (Å²) in [6.07, 6.45) is 0. The first kappa shape index (κ1) is 11.8. The summed E-state index contributed by atoms with van der Waals surface area (Å²) in [6, 6.07) is 4.61. The van der Waals surface area contributed by atoms with E-state index in [-0.39, 0.29) is 0 Å². The van der Waals surface area contributed by atoms with Gasteiger partial charge in [-0.05, 0) is 31.8 Å². The molecule has 1 atom stereocenters. The Labute approximate surface area is 104 Å². The summed E-state index contributed by atoms with van der Waals surface area (Å²) in [5.74, 6) is 0. The molecule has 16 heavy (non-hydrogen) atoms. The van der Waals surface area contributed by atoms with Crippen LogP contribution in [0.5, 0.6) is 0 Å². The van der Waals surface area contributed by atoms with Gasteiger partial charge in [0.15, 0.2) is 0 Å². The Morgan fingerprint density at radius 1 is 1.44 bits per heavy atom. The van der Waals surface area contributed by atoms with E-state index >= 15 is 0 Å². The van der Waals surface area contributed by atoms with E-state index in [0.717, 1.165) is 17.2 Å². The van der Waals surface area contributed by atoms with Crippen LogP contribution in [0.2, 0.25) is 0 Å². The summed E-state index contributed by atoms with van der Waals surface area (Å²) in [5.41, 5.74) is 1.15. The molecule has 0 aliphatic heterocycles. The van der Waals surface area contributed by atoms with Crippen LogP contribution in [0.15, 0.2) is 17.5 Å². The predicted molar refractivity (Wildman–Crippen MR) is 71.4 cm³/mol. The second-order valence-electron chi connectivity index (χ2n) is 3.69. The van der Waals surface area contributed by atoms with E-state index in [1.54, 1.807) is 22.7 Å². The third-order valence-corrected chi connectivity index (χ3v) is 4.51. The van der Waals surface area contributed by atoms with Crippen LogP contribution in [-0.4, -0.2) is 11.5 Å². The third-order valence-electron chi connectivity index (χ3n) is 2.44. The van der Waals surface area contributed by atoms with E-state index in [4.69, 9.17) is 0 Å². The molecule has 0 spiro atoms. The van der Waals surface area contributed by atoms with Gasteiger partial charge in [-0.2, -0.15) is 0 Å². The summed E-state index contributed by atoms with van der Waals surface area (Å²) in [7, 11) is 0. The number of nitrogens with one attached hydrogen (secondary N) is 1. The molecule has 0 aliphatic carbocycles. The van der Waals surface area contributed by atoms with Gasteiger partial charge in [0.1, 0.15) is 0 Å². The molecule has 2 aromatic heterocycles. The van der Waals surface area contributed by atoms with Crippen LogP contribution in [0.3, 0.4) is 0 Å². The van der Waals surface area contributed by atoms with Crippen molar-refractivity contribution in [3.05, 3.63) is 38.0 Å². The Hall–Kier alpha value is -0.710. The molecule has 2 aromatic rings. The van der Waals surface area contributed by atoms with E-state index in [0.29, 0.717) is 6.04 Å². The summed E-state index contributed by atoms with van der Waals surface area (Å²) in [4.78, 5) is 7.23. The molecule has 0 saturated carbocycles. The van der Waals surface area contributed by atoms with Gasteiger partial charge in [-0.1, -0.05) is 13.0 Å². The monoisotopic (exact) mass is 252 g/mol. The molecule has 1 unspecified atom stereocenters. The SMILES string of the molecule is CCNC(c1cccs1)c1sc(C)nc1C. The third kappa shape index (κ3) is 2.34. The average Bonchev–Trinajstić information content (AvgIpc) is 2.85. The molecule has 2 heterocycles. The van der Waals surface area contributed by atoms with Crippen molar-refractivity contribution in [3.63, 3.8) is 0 Å². The predicted octanol–water partition coefficient (Wildman–Crippen LogP) is 3.52. The van der Waals surface area contributed by atoms with Gasteiger partial charge in [0.2, 0.25) is 0 Å². The molecule has 0 aliphatic rings. The fourth-order valence-corrected chi connectivity index (χ4v) is 3.70. The standard InChI is InChI=1S/C12H16N2S2/c1-4-13-11(10-6-5-7-15-10)12-8(2)14-9(3)16-12/h5-7,11,13H,4H2,1-3H3. The maximum absolute atomic E-state index is 4.51. The number of nitrogens with zero attached hydrogens (tertiary/aromatic N) is 1. The fourth-order valence-electron chi connectivity index (χ4n) is 1.80. The minimum Gasteiger partial charge on any atom is -0.305 e. The topological polar surface area (TPSA) is 24.9 Å². The number of rotatable bonds is 4. The smallest absolute Gasteiger partial charge is 0.0900 e. The molecule has 0 fully saturated rings. The van der Waals surface area contributed by atoms with E-state index < -0.39 is 0 Å². The molecule has 2 nitrogen and oxygen atoms in total. The zero-order chi connectivity index (χ0) is 11.5. The van der Waals surface area contributed by atoms with Gasteiger partial charge in [-0.3, -0.25) is 0 Å². The van der Waals surface area contributed by atoms with Gasteiger partial charge in [0.05, 0.1) is 16.7 Å². The molecular weight excluding hydrogens is 236 g/mol. The van der Waals surface area contributed by atoms with Crippen LogP contribution in [-0.2, 0) is 0 Å². The van der Waals surface area contributed by atoms with Crippen LogP contribution >= 0.6 is 22.7 Å². The average molecular weight is 252 g/mol. The number of thiazole rings is 1. The van der Waals surface area contributed by atoms with E-state index in [2.05, 4.69) is 48.6 Å². The van der Waals surface area contributed by atoms with Crippen LogP contribution in [0.4, 0.5) is 0 Å². The van der Waals surface area contributed by atoms with Crippen molar-refractivity contribution in [3.8, 4) is 0 Å². The fraction of sp³-hybridized carbons (Fsp3) is 0.417. The van der Waals surface area contributed by atoms with Crippen molar-refractivity contribution in [1.82, 2.24) is 10.3 Å². The van der Waals surface area contributed by atoms with E-state index in [1.807, 2.05) is 0 Å². The number of aryl methyl sites for hydroxylation is 2. The van der Waals surface area contributed by atoms with Gasteiger partial charge >= 0.3 is 0 Å². The summed E-state index contributed by atoms with van der Waals surface area (Å²) in [5, 5.41) is 6.81. The van der Waals surface area contributed by atoms with Gasteiger partial charge in [0.25, 0.3) is 0 Å². The highest BCUT2D eigenvalue weighted by molar-refractivity contribution is 7.12. The molecule has 0 aromatic carbocycles. The molecule has 0 saturated heterocycles. The molecule has 4 heteroatoms. The maximum Gasteiger partial charge on any atom is 0.0900 e. The highest BCUT2D eigenvalue weighted by Gasteiger charge is 2.19. The second kappa shape index (κ2) is 5.08. The van der Waals surface area contributed by atoms with E-state index in [9.17, 15) is 0 Å². The lowest BCUT2D eigenvalue weighted by Gasteiger charge is -2.15. The molecule has 86 valence electrons. The minimum absolute atomic E-state index is 0.316. The number of hydrogen-bond acceptors (Lipinski definition) is 4. The number of aromatic nitrogens is 1. The van der Waals surface area contributed by atoms with Crippen LogP contribution in [0.1, 0.15) is 33.4 Å². The normalized spacial score (nSPS) is 12.9. The van der Waals surface area contributed by atoms with Crippen molar-refractivity contribution in [2.24, 2.45) is 0 Å². The first-order valence-electron chi connectivity index (χ1n) is 5.43. The Kier molecular flexibility index (Phi) is 3.74. The molecule has 1 N–H and O–H groups in total. The number of thiophene rings is 1. The Bertz CT molecular complexity index is 446. The van der Waals surface area contributed by atoms with Crippen LogP contribution in [0.25, 0.3) is 0 Å². The molecule has 0 amide bonds. The van der Waals surface area contributed by atoms with Crippen molar-refractivity contribution < 1.29 is 0 Å². The van der Waals surface area contributed by atoms with Crippen molar-refractivity contribution in [2.75, 3.05) is 6.54 Å². The Morgan fingerprint density at radius 2 is 2.25 bits per heavy atom. The molecule has 0 radical (unpaired) electrons. The minimum atomic E-state index is 0.316. The van der Waals surface area contributed by atoms with Crippen molar-refractivity contribution in [1.29, 1.82) is 0 Å². The van der Waals surface area contributed by atoms with Gasteiger partial charge in [0, 0.05) is 9.75 Å². The lowest BCUT2D eigenvalue weighted by Crippen LogP contribution is -2.20.